The van der Waals surface area contributed by atoms with E-state index in [-0.39, 0.29) is 22.2 Å². The number of nitrogen functional groups attached to an aromatic ring is 1. The number of carbonyl (C=O) groups excluding carboxylic acids is 2. The highest BCUT2D eigenvalue weighted by Gasteiger charge is 2.19. The van der Waals surface area contributed by atoms with Crippen molar-refractivity contribution in [3.63, 3.8) is 0 Å². The number of ether oxygens (including phenoxy) is 1. The third kappa shape index (κ3) is 3.10. The lowest BCUT2D eigenvalue weighted by Crippen LogP contribution is -2.33. The van der Waals surface area contributed by atoms with Crippen molar-refractivity contribution in [3.8, 4) is 0 Å². The lowest BCUT2D eigenvalue weighted by molar-refractivity contribution is -0.128. The van der Waals surface area contributed by atoms with Gasteiger partial charge in [0.25, 0.3) is 5.91 Å². The van der Waals surface area contributed by atoms with Crippen LogP contribution in [0.25, 0.3) is 0 Å². The molecule has 0 aromatic heterocycles. The standard InChI is InChI=1S/C11H13ClN2O3/c1-6(10(15)14-2)17-11(16)7-4-3-5-8(12)9(7)13/h3-6H,13H2,1-2H3,(H,14,15). The number of para-hydroxylation sites is 1. The SMILES string of the molecule is CNC(=O)C(C)OC(=O)c1cccc(Cl)c1N. The van der Waals surface area contributed by atoms with Crippen LogP contribution in [0, 0.1) is 0 Å². The van der Waals surface area contributed by atoms with Crippen LogP contribution in [0.4, 0.5) is 5.69 Å². The lowest BCUT2D eigenvalue weighted by Gasteiger charge is -2.12. The quantitative estimate of drug-likeness (QED) is 0.629. The smallest absolute Gasteiger partial charge is 0.341 e. The molecule has 92 valence electrons. The van der Waals surface area contributed by atoms with Crippen molar-refractivity contribution >= 4 is 29.2 Å². The van der Waals surface area contributed by atoms with Crippen LogP contribution in [-0.4, -0.2) is 25.0 Å². The molecule has 1 unspecified atom stereocenters. The first-order valence-electron chi connectivity index (χ1n) is 4.94. The molecule has 3 N–H and O–H groups in total. The summed E-state index contributed by atoms with van der Waals surface area (Å²) >= 11 is 5.77. The Labute approximate surface area is 104 Å². The van der Waals surface area contributed by atoms with Gasteiger partial charge in [-0.15, -0.1) is 0 Å². The second-order valence-corrected chi connectivity index (χ2v) is 3.77. The Morgan fingerprint density at radius 3 is 2.71 bits per heavy atom. The number of benzene rings is 1. The monoisotopic (exact) mass is 256 g/mol. The summed E-state index contributed by atoms with van der Waals surface area (Å²) in [6.45, 7) is 1.47. The first-order chi connectivity index (χ1) is 7.97. The summed E-state index contributed by atoms with van der Waals surface area (Å²) in [6.07, 6.45) is -0.883. The zero-order chi connectivity index (χ0) is 13.0. The number of amides is 1. The molecule has 1 amide bonds. The summed E-state index contributed by atoms with van der Waals surface area (Å²) in [6, 6.07) is 4.63. The molecule has 0 saturated heterocycles. The van der Waals surface area contributed by atoms with Gasteiger partial charge in [-0.2, -0.15) is 0 Å². The molecule has 0 aliphatic rings. The van der Waals surface area contributed by atoms with Crippen LogP contribution in [0.1, 0.15) is 17.3 Å². The number of hydrogen-bond acceptors (Lipinski definition) is 4. The number of hydrogen-bond donors (Lipinski definition) is 2. The first kappa shape index (κ1) is 13.3. The van der Waals surface area contributed by atoms with Crippen molar-refractivity contribution in [2.24, 2.45) is 0 Å². The Balaban J connectivity index is 2.84. The van der Waals surface area contributed by atoms with Gasteiger partial charge in [0.15, 0.2) is 6.10 Å². The first-order valence-corrected chi connectivity index (χ1v) is 5.31. The van der Waals surface area contributed by atoms with Crippen molar-refractivity contribution in [1.82, 2.24) is 5.32 Å². The average Bonchev–Trinajstić information content (AvgIpc) is 2.31. The van der Waals surface area contributed by atoms with E-state index in [2.05, 4.69) is 5.32 Å². The summed E-state index contributed by atoms with van der Waals surface area (Å²) in [4.78, 5) is 22.9. The van der Waals surface area contributed by atoms with Crippen molar-refractivity contribution in [2.75, 3.05) is 12.8 Å². The van der Waals surface area contributed by atoms with Crippen molar-refractivity contribution < 1.29 is 14.3 Å². The van der Waals surface area contributed by atoms with E-state index < -0.39 is 12.1 Å². The highest BCUT2D eigenvalue weighted by Crippen LogP contribution is 2.23. The molecule has 17 heavy (non-hydrogen) atoms. The minimum atomic E-state index is -0.883. The number of esters is 1. The number of nitrogens with one attached hydrogen (secondary N) is 1. The van der Waals surface area contributed by atoms with Gasteiger partial charge >= 0.3 is 5.97 Å². The highest BCUT2D eigenvalue weighted by molar-refractivity contribution is 6.33. The van der Waals surface area contributed by atoms with Gasteiger partial charge in [0.2, 0.25) is 0 Å². The summed E-state index contributed by atoms with van der Waals surface area (Å²) in [5.41, 5.74) is 5.92. The van der Waals surface area contributed by atoms with E-state index in [1.54, 1.807) is 12.1 Å². The molecular weight excluding hydrogens is 244 g/mol. The van der Waals surface area contributed by atoms with Gasteiger partial charge in [-0.05, 0) is 19.1 Å². The summed E-state index contributed by atoms with van der Waals surface area (Å²) in [5, 5.41) is 2.64. The molecule has 6 heteroatoms. The fourth-order valence-corrected chi connectivity index (χ4v) is 1.37. The molecule has 1 aromatic carbocycles. The highest BCUT2D eigenvalue weighted by atomic mass is 35.5. The van der Waals surface area contributed by atoms with E-state index in [0.717, 1.165) is 0 Å². The van der Waals surface area contributed by atoms with Gasteiger partial charge in [-0.3, -0.25) is 4.79 Å². The third-order valence-corrected chi connectivity index (χ3v) is 2.50. The molecule has 1 atom stereocenters. The van der Waals surface area contributed by atoms with Gasteiger partial charge in [0, 0.05) is 7.05 Å². The van der Waals surface area contributed by atoms with Gasteiger partial charge in [0.05, 0.1) is 16.3 Å². The topological polar surface area (TPSA) is 81.4 Å². The number of likely N-dealkylation sites (N-methyl/N-ethyl adjacent to an activating group) is 1. The van der Waals surface area contributed by atoms with Gasteiger partial charge < -0.3 is 15.8 Å². The average molecular weight is 257 g/mol. The molecule has 0 heterocycles. The molecule has 1 rings (SSSR count). The summed E-state index contributed by atoms with van der Waals surface area (Å²) in [7, 11) is 1.46. The van der Waals surface area contributed by atoms with E-state index in [4.69, 9.17) is 22.1 Å². The normalized spacial score (nSPS) is 11.7. The van der Waals surface area contributed by atoms with Crippen LogP contribution < -0.4 is 11.1 Å². The fraction of sp³-hybridized carbons (Fsp3) is 0.273. The van der Waals surface area contributed by atoms with E-state index >= 15 is 0 Å². The Morgan fingerprint density at radius 1 is 1.47 bits per heavy atom. The van der Waals surface area contributed by atoms with E-state index in [9.17, 15) is 9.59 Å². The minimum Gasteiger partial charge on any atom is -0.449 e. The number of halogens is 1. The van der Waals surface area contributed by atoms with E-state index in [1.807, 2.05) is 0 Å². The number of carbonyl (C=O) groups is 2. The zero-order valence-corrected chi connectivity index (χ0v) is 10.2. The fourth-order valence-electron chi connectivity index (χ4n) is 1.20. The van der Waals surface area contributed by atoms with E-state index in [1.165, 1.54) is 20.0 Å². The Kier molecular flexibility index (Phi) is 4.34. The largest absolute Gasteiger partial charge is 0.449 e. The summed E-state index contributed by atoms with van der Waals surface area (Å²) in [5.74, 6) is -1.07. The van der Waals surface area contributed by atoms with Crippen LogP contribution in [0.15, 0.2) is 18.2 Å². The molecule has 0 saturated carbocycles. The maximum absolute atomic E-state index is 11.7. The molecular formula is C11H13ClN2O3. The van der Waals surface area contributed by atoms with Crippen LogP contribution in [0.5, 0.6) is 0 Å². The molecule has 0 aliphatic carbocycles. The van der Waals surface area contributed by atoms with Crippen molar-refractivity contribution in [2.45, 2.75) is 13.0 Å². The number of nitrogens with two attached hydrogens (primary N) is 1. The molecule has 0 radical (unpaired) electrons. The Morgan fingerprint density at radius 2 is 2.12 bits per heavy atom. The van der Waals surface area contributed by atoms with Crippen LogP contribution in [-0.2, 0) is 9.53 Å². The predicted octanol–water partition coefficient (Wildman–Crippen LogP) is 1.21. The number of rotatable bonds is 3. The molecule has 0 aliphatic heterocycles. The van der Waals surface area contributed by atoms with Gasteiger partial charge in [-0.25, -0.2) is 4.79 Å². The van der Waals surface area contributed by atoms with Crippen molar-refractivity contribution in [1.29, 1.82) is 0 Å². The maximum atomic E-state index is 11.7. The molecule has 5 nitrogen and oxygen atoms in total. The maximum Gasteiger partial charge on any atom is 0.341 e. The predicted molar refractivity (Wildman–Crippen MR) is 64.8 cm³/mol. The van der Waals surface area contributed by atoms with E-state index in [0.29, 0.717) is 0 Å². The van der Waals surface area contributed by atoms with Crippen LogP contribution in [0.2, 0.25) is 5.02 Å². The Hall–Kier alpha value is -1.75. The van der Waals surface area contributed by atoms with Gasteiger partial charge in [-0.1, -0.05) is 17.7 Å². The number of anilines is 1. The minimum absolute atomic E-state index is 0.142. The second-order valence-electron chi connectivity index (χ2n) is 3.36. The molecule has 0 fully saturated rings. The molecule has 1 aromatic rings. The van der Waals surface area contributed by atoms with Crippen LogP contribution in [0.3, 0.4) is 0 Å². The third-order valence-electron chi connectivity index (χ3n) is 2.17. The Bertz CT molecular complexity index is 448. The van der Waals surface area contributed by atoms with Crippen molar-refractivity contribution in [3.05, 3.63) is 28.8 Å². The second kappa shape index (κ2) is 5.54. The summed E-state index contributed by atoms with van der Waals surface area (Å²) < 4.78 is 4.94. The molecule has 0 bridgehead atoms. The molecule has 0 spiro atoms. The van der Waals surface area contributed by atoms with Gasteiger partial charge in [0.1, 0.15) is 0 Å². The zero-order valence-electron chi connectivity index (χ0n) is 9.49. The lowest BCUT2D eigenvalue weighted by atomic mass is 10.2. The van der Waals surface area contributed by atoms with Crippen LogP contribution >= 0.6 is 11.6 Å².